The van der Waals surface area contributed by atoms with Crippen molar-refractivity contribution in [1.29, 1.82) is 0 Å². The first-order valence-electron chi connectivity index (χ1n) is 7.23. The van der Waals surface area contributed by atoms with Crippen LogP contribution in [-0.2, 0) is 10.5 Å². The third kappa shape index (κ3) is 5.55. The molecular formula is C16H26N2OS. The average molecular weight is 294 g/mol. The molecule has 1 aromatic carbocycles. The van der Waals surface area contributed by atoms with E-state index in [-0.39, 0.29) is 16.7 Å². The number of hydrogen-bond acceptors (Lipinski definition) is 3. The highest BCUT2D eigenvalue weighted by Gasteiger charge is 2.22. The lowest BCUT2D eigenvalue weighted by atomic mass is 9.94. The monoisotopic (exact) mass is 294 g/mol. The van der Waals surface area contributed by atoms with Crippen molar-refractivity contribution in [2.24, 2.45) is 5.73 Å². The Morgan fingerprint density at radius 3 is 2.45 bits per heavy atom. The first kappa shape index (κ1) is 17.1. The van der Waals surface area contributed by atoms with Gasteiger partial charge in [-0.1, -0.05) is 44.2 Å². The number of carbonyl (C=O) groups excluding carboxylic acids is 1. The number of carbonyl (C=O) groups is 1. The molecule has 3 nitrogen and oxygen atoms in total. The largest absolute Gasteiger partial charge is 0.353 e. The number of amides is 1. The Bertz CT molecular complexity index is 404. The zero-order valence-electron chi connectivity index (χ0n) is 12.7. The summed E-state index contributed by atoms with van der Waals surface area (Å²) in [6.07, 6.45) is 1.74. The van der Waals surface area contributed by atoms with Crippen LogP contribution in [0.1, 0.15) is 39.2 Å². The number of nitrogens with two attached hydrogens (primary N) is 1. The average Bonchev–Trinajstić information content (AvgIpc) is 2.50. The smallest absolute Gasteiger partial charge is 0.232 e. The van der Waals surface area contributed by atoms with Gasteiger partial charge in [0.25, 0.3) is 0 Å². The van der Waals surface area contributed by atoms with Gasteiger partial charge in [-0.25, -0.2) is 0 Å². The molecule has 0 bridgehead atoms. The van der Waals surface area contributed by atoms with Gasteiger partial charge in [-0.15, -0.1) is 11.8 Å². The molecule has 0 spiro atoms. The fraction of sp³-hybridized carbons (Fsp3) is 0.562. The van der Waals surface area contributed by atoms with Crippen molar-refractivity contribution in [1.82, 2.24) is 5.32 Å². The second-order valence-electron chi connectivity index (χ2n) is 5.23. The maximum absolute atomic E-state index is 12.1. The number of benzene rings is 1. The molecule has 0 saturated carbocycles. The van der Waals surface area contributed by atoms with E-state index in [9.17, 15) is 4.79 Å². The van der Waals surface area contributed by atoms with E-state index in [4.69, 9.17) is 5.73 Å². The van der Waals surface area contributed by atoms with Gasteiger partial charge in [0.05, 0.1) is 5.25 Å². The van der Waals surface area contributed by atoms with Gasteiger partial charge in [0.15, 0.2) is 0 Å². The maximum Gasteiger partial charge on any atom is 0.232 e. The Kier molecular flexibility index (Phi) is 7.10. The summed E-state index contributed by atoms with van der Waals surface area (Å²) in [6.45, 7) is 6.61. The van der Waals surface area contributed by atoms with E-state index >= 15 is 0 Å². The van der Waals surface area contributed by atoms with Gasteiger partial charge >= 0.3 is 0 Å². The summed E-state index contributed by atoms with van der Waals surface area (Å²) in [5, 5.41) is 2.91. The van der Waals surface area contributed by atoms with Crippen LogP contribution in [0.2, 0.25) is 0 Å². The molecule has 20 heavy (non-hydrogen) atoms. The fourth-order valence-electron chi connectivity index (χ4n) is 1.78. The predicted molar refractivity (Wildman–Crippen MR) is 87.7 cm³/mol. The second-order valence-corrected chi connectivity index (χ2v) is 6.56. The summed E-state index contributed by atoms with van der Waals surface area (Å²) in [5.74, 6) is 0.924. The van der Waals surface area contributed by atoms with Crippen molar-refractivity contribution in [3.05, 3.63) is 35.9 Å². The SMILES string of the molecule is CCC(N)(CC)CNC(=O)C(C)SCc1ccccc1. The van der Waals surface area contributed by atoms with E-state index in [0.717, 1.165) is 18.6 Å². The Morgan fingerprint density at radius 2 is 1.90 bits per heavy atom. The van der Waals surface area contributed by atoms with Crippen LogP contribution in [0.3, 0.4) is 0 Å². The highest BCUT2D eigenvalue weighted by atomic mass is 32.2. The number of nitrogens with one attached hydrogen (secondary N) is 1. The Morgan fingerprint density at radius 1 is 1.30 bits per heavy atom. The van der Waals surface area contributed by atoms with Crippen LogP contribution in [-0.4, -0.2) is 23.2 Å². The first-order chi connectivity index (χ1) is 9.50. The van der Waals surface area contributed by atoms with Crippen molar-refractivity contribution in [2.45, 2.75) is 50.2 Å². The molecule has 3 N–H and O–H groups in total. The van der Waals surface area contributed by atoms with E-state index in [2.05, 4.69) is 31.3 Å². The lowest BCUT2D eigenvalue weighted by molar-refractivity contribution is -0.120. The van der Waals surface area contributed by atoms with Crippen molar-refractivity contribution in [3.8, 4) is 0 Å². The minimum atomic E-state index is -0.278. The third-order valence-corrected chi connectivity index (χ3v) is 4.95. The van der Waals surface area contributed by atoms with Gasteiger partial charge in [0.2, 0.25) is 5.91 Å². The first-order valence-corrected chi connectivity index (χ1v) is 8.27. The quantitative estimate of drug-likeness (QED) is 0.775. The number of hydrogen-bond donors (Lipinski definition) is 2. The lowest BCUT2D eigenvalue weighted by Gasteiger charge is -2.27. The van der Waals surface area contributed by atoms with Gasteiger partial charge < -0.3 is 11.1 Å². The third-order valence-electron chi connectivity index (χ3n) is 3.73. The molecule has 0 saturated heterocycles. The molecule has 0 fully saturated rings. The second kappa shape index (κ2) is 8.32. The van der Waals surface area contributed by atoms with Gasteiger partial charge in [0.1, 0.15) is 0 Å². The van der Waals surface area contributed by atoms with Gasteiger partial charge in [-0.2, -0.15) is 0 Å². The van der Waals surface area contributed by atoms with Gasteiger partial charge in [-0.05, 0) is 25.3 Å². The van der Waals surface area contributed by atoms with Gasteiger partial charge in [0, 0.05) is 17.8 Å². The Balaban J connectivity index is 2.36. The lowest BCUT2D eigenvalue weighted by Crippen LogP contribution is -2.50. The van der Waals surface area contributed by atoms with Crippen molar-refractivity contribution < 1.29 is 4.79 Å². The van der Waals surface area contributed by atoms with Crippen LogP contribution in [0.25, 0.3) is 0 Å². The molecular weight excluding hydrogens is 268 g/mol. The zero-order chi connectivity index (χ0) is 15.0. The van der Waals surface area contributed by atoms with Crippen LogP contribution in [0.4, 0.5) is 0 Å². The Hall–Kier alpha value is -1.00. The summed E-state index contributed by atoms with van der Waals surface area (Å²) in [7, 11) is 0. The van der Waals surface area contributed by atoms with Crippen LogP contribution in [0, 0.1) is 0 Å². The van der Waals surface area contributed by atoms with E-state index in [1.807, 2.05) is 25.1 Å². The summed E-state index contributed by atoms with van der Waals surface area (Å²) >= 11 is 1.65. The fourth-order valence-corrected chi connectivity index (χ4v) is 2.65. The van der Waals surface area contributed by atoms with Crippen molar-refractivity contribution in [3.63, 3.8) is 0 Å². The van der Waals surface area contributed by atoms with E-state index < -0.39 is 0 Å². The Labute approximate surface area is 126 Å². The zero-order valence-corrected chi connectivity index (χ0v) is 13.5. The summed E-state index contributed by atoms with van der Waals surface area (Å²) in [6, 6.07) is 10.2. The summed E-state index contributed by atoms with van der Waals surface area (Å²) in [4.78, 5) is 12.1. The number of thioether (sulfide) groups is 1. The van der Waals surface area contributed by atoms with Crippen molar-refractivity contribution >= 4 is 17.7 Å². The minimum Gasteiger partial charge on any atom is -0.353 e. The molecule has 0 radical (unpaired) electrons. The molecule has 1 unspecified atom stereocenters. The summed E-state index contributed by atoms with van der Waals surface area (Å²) in [5.41, 5.74) is 7.15. The summed E-state index contributed by atoms with van der Waals surface area (Å²) < 4.78 is 0. The molecule has 1 rings (SSSR count). The van der Waals surface area contributed by atoms with E-state index in [1.165, 1.54) is 5.56 Å². The molecule has 0 aliphatic heterocycles. The molecule has 1 amide bonds. The number of rotatable bonds is 8. The molecule has 0 aliphatic carbocycles. The molecule has 4 heteroatoms. The van der Waals surface area contributed by atoms with Crippen LogP contribution < -0.4 is 11.1 Å². The molecule has 0 heterocycles. The normalized spacial score (nSPS) is 13.0. The molecule has 1 aromatic rings. The highest BCUT2D eigenvalue weighted by Crippen LogP contribution is 2.18. The van der Waals surface area contributed by atoms with Crippen LogP contribution in [0.15, 0.2) is 30.3 Å². The molecule has 0 aliphatic rings. The highest BCUT2D eigenvalue weighted by molar-refractivity contribution is 7.99. The van der Waals surface area contributed by atoms with E-state index in [0.29, 0.717) is 6.54 Å². The molecule has 1 atom stereocenters. The topological polar surface area (TPSA) is 55.1 Å². The maximum atomic E-state index is 12.1. The van der Waals surface area contributed by atoms with Crippen LogP contribution in [0.5, 0.6) is 0 Å². The predicted octanol–water partition coefficient (Wildman–Crippen LogP) is 2.94. The molecule has 112 valence electrons. The van der Waals surface area contributed by atoms with Crippen LogP contribution >= 0.6 is 11.8 Å². The van der Waals surface area contributed by atoms with Gasteiger partial charge in [-0.3, -0.25) is 4.79 Å². The minimum absolute atomic E-state index is 0.0619. The van der Waals surface area contributed by atoms with E-state index in [1.54, 1.807) is 11.8 Å². The standard InChI is InChI=1S/C16H26N2OS/c1-4-16(17,5-2)12-18-15(19)13(3)20-11-14-9-7-6-8-10-14/h6-10,13H,4-5,11-12,17H2,1-3H3,(H,18,19). The molecule has 0 aromatic heterocycles. The van der Waals surface area contributed by atoms with Crippen molar-refractivity contribution in [2.75, 3.05) is 6.54 Å².